The molecule has 31 heavy (non-hydrogen) atoms. The molecule has 160 valence electrons. The predicted molar refractivity (Wildman–Crippen MR) is 126 cm³/mol. The number of carboxylic acid groups (broad SMARTS) is 1. The van der Waals surface area contributed by atoms with Crippen molar-refractivity contribution in [3.8, 4) is 11.5 Å². The van der Waals surface area contributed by atoms with Gasteiger partial charge in [0.05, 0.1) is 28.5 Å². The SMILES string of the molecule is CCOc1cc(/C=C2\C(=O)NC(=S)N(c3ccc(C(=O)O)cc3)C2=O)cc(I)c1OC. The summed E-state index contributed by atoms with van der Waals surface area (Å²) in [5.74, 6) is -1.29. The van der Waals surface area contributed by atoms with Crippen LogP contribution in [0.2, 0.25) is 0 Å². The molecule has 1 aliphatic rings. The van der Waals surface area contributed by atoms with E-state index in [4.69, 9.17) is 26.8 Å². The monoisotopic (exact) mass is 552 g/mol. The number of benzene rings is 2. The maximum absolute atomic E-state index is 13.1. The smallest absolute Gasteiger partial charge is 0.335 e. The van der Waals surface area contributed by atoms with Gasteiger partial charge in [0, 0.05) is 0 Å². The molecule has 1 saturated heterocycles. The zero-order chi connectivity index (χ0) is 22.7. The molecule has 0 bridgehead atoms. The first-order valence-corrected chi connectivity index (χ1v) is 10.5. The van der Waals surface area contributed by atoms with Crippen molar-refractivity contribution in [1.82, 2.24) is 5.32 Å². The van der Waals surface area contributed by atoms with Gasteiger partial charge in [-0.2, -0.15) is 0 Å². The van der Waals surface area contributed by atoms with Crippen molar-refractivity contribution in [2.24, 2.45) is 0 Å². The molecule has 0 atom stereocenters. The van der Waals surface area contributed by atoms with Gasteiger partial charge in [-0.1, -0.05) is 0 Å². The maximum Gasteiger partial charge on any atom is 0.335 e. The Morgan fingerprint density at radius 2 is 1.94 bits per heavy atom. The van der Waals surface area contributed by atoms with E-state index in [1.54, 1.807) is 12.1 Å². The van der Waals surface area contributed by atoms with Crippen LogP contribution < -0.4 is 19.7 Å². The van der Waals surface area contributed by atoms with Gasteiger partial charge in [-0.15, -0.1) is 0 Å². The summed E-state index contributed by atoms with van der Waals surface area (Å²) in [6.07, 6.45) is 1.45. The minimum absolute atomic E-state index is 0.0650. The highest BCUT2D eigenvalue weighted by molar-refractivity contribution is 14.1. The lowest BCUT2D eigenvalue weighted by Crippen LogP contribution is -2.54. The van der Waals surface area contributed by atoms with E-state index in [9.17, 15) is 14.4 Å². The number of ether oxygens (including phenoxy) is 2. The van der Waals surface area contributed by atoms with E-state index in [2.05, 4.69) is 27.9 Å². The lowest BCUT2D eigenvalue weighted by molar-refractivity contribution is -0.122. The van der Waals surface area contributed by atoms with E-state index in [-0.39, 0.29) is 16.2 Å². The number of thiocarbonyl (C=S) groups is 1. The Hall–Kier alpha value is -2.99. The second-order valence-corrected chi connectivity index (χ2v) is 7.83. The summed E-state index contributed by atoms with van der Waals surface area (Å²) in [6.45, 7) is 2.25. The zero-order valence-corrected chi connectivity index (χ0v) is 19.4. The van der Waals surface area contributed by atoms with E-state index < -0.39 is 17.8 Å². The van der Waals surface area contributed by atoms with Gasteiger partial charge < -0.3 is 14.6 Å². The third-order valence-electron chi connectivity index (χ3n) is 4.32. The van der Waals surface area contributed by atoms with Gasteiger partial charge in [0.15, 0.2) is 16.6 Å². The Kier molecular flexibility index (Phi) is 6.91. The van der Waals surface area contributed by atoms with Gasteiger partial charge in [-0.3, -0.25) is 19.8 Å². The Bertz CT molecular complexity index is 1110. The average Bonchev–Trinajstić information content (AvgIpc) is 2.71. The second-order valence-electron chi connectivity index (χ2n) is 6.28. The van der Waals surface area contributed by atoms with Crippen molar-refractivity contribution in [3.05, 3.63) is 56.7 Å². The number of halogens is 1. The lowest BCUT2D eigenvalue weighted by Gasteiger charge is -2.29. The van der Waals surface area contributed by atoms with Crippen LogP contribution in [0.15, 0.2) is 42.0 Å². The average molecular weight is 552 g/mol. The molecule has 10 heteroatoms. The van der Waals surface area contributed by atoms with Gasteiger partial charge in [0.25, 0.3) is 11.8 Å². The Labute approximate surface area is 197 Å². The number of hydrogen-bond donors (Lipinski definition) is 2. The predicted octanol–water partition coefficient (Wildman–Crippen LogP) is 3.23. The van der Waals surface area contributed by atoms with Crippen molar-refractivity contribution < 1.29 is 29.0 Å². The fourth-order valence-electron chi connectivity index (χ4n) is 2.94. The van der Waals surface area contributed by atoms with Crippen LogP contribution in [-0.4, -0.2) is 41.7 Å². The summed E-state index contributed by atoms with van der Waals surface area (Å²) < 4.78 is 11.7. The highest BCUT2D eigenvalue weighted by Crippen LogP contribution is 2.35. The quantitative estimate of drug-likeness (QED) is 0.246. The third kappa shape index (κ3) is 4.69. The van der Waals surface area contributed by atoms with Crippen LogP contribution in [0.5, 0.6) is 11.5 Å². The highest BCUT2D eigenvalue weighted by atomic mass is 127. The molecule has 0 unspecified atom stereocenters. The van der Waals surface area contributed by atoms with Crippen LogP contribution in [0.25, 0.3) is 6.08 Å². The number of carboxylic acids is 1. The number of hydrogen-bond acceptors (Lipinski definition) is 6. The number of anilines is 1. The number of methoxy groups -OCH3 is 1. The summed E-state index contributed by atoms with van der Waals surface area (Å²) in [6, 6.07) is 9.05. The fourth-order valence-corrected chi connectivity index (χ4v) is 4.07. The lowest BCUT2D eigenvalue weighted by atomic mass is 10.1. The van der Waals surface area contributed by atoms with E-state index >= 15 is 0 Å². The van der Waals surface area contributed by atoms with Crippen molar-refractivity contribution in [1.29, 1.82) is 0 Å². The van der Waals surface area contributed by atoms with Crippen LogP contribution in [0, 0.1) is 3.57 Å². The molecule has 1 heterocycles. The molecule has 1 aliphatic heterocycles. The highest BCUT2D eigenvalue weighted by Gasteiger charge is 2.34. The standard InChI is InChI=1S/C21H17IN2O6S/c1-3-30-16-10-11(9-15(22)17(16)29-2)8-14-18(25)23-21(31)24(19(14)26)13-6-4-12(5-7-13)20(27)28/h4-10H,3H2,1-2H3,(H,27,28)(H,23,25,31)/b14-8+. The van der Waals surface area contributed by atoms with Gasteiger partial charge in [0.2, 0.25) is 0 Å². The maximum atomic E-state index is 13.1. The molecule has 1 fully saturated rings. The van der Waals surface area contributed by atoms with Crippen LogP contribution in [-0.2, 0) is 9.59 Å². The fraction of sp³-hybridized carbons (Fsp3) is 0.143. The van der Waals surface area contributed by atoms with Crippen LogP contribution in [0.1, 0.15) is 22.8 Å². The number of amides is 2. The molecule has 2 aromatic carbocycles. The zero-order valence-electron chi connectivity index (χ0n) is 16.5. The van der Waals surface area contributed by atoms with Gasteiger partial charge in [0.1, 0.15) is 5.57 Å². The van der Waals surface area contributed by atoms with Crippen molar-refractivity contribution >= 4 is 69.5 Å². The van der Waals surface area contributed by atoms with Crippen LogP contribution in [0.3, 0.4) is 0 Å². The molecule has 2 aromatic rings. The summed E-state index contributed by atoms with van der Waals surface area (Å²) in [5.41, 5.74) is 0.848. The second kappa shape index (κ2) is 9.43. The first-order chi connectivity index (χ1) is 14.8. The molecule has 0 aliphatic carbocycles. The summed E-state index contributed by atoms with van der Waals surface area (Å²) in [7, 11) is 1.53. The third-order valence-corrected chi connectivity index (χ3v) is 5.41. The first-order valence-electron chi connectivity index (χ1n) is 9.02. The number of rotatable bonds is 6. The van der Waals surface area contributed by atoms with Gasteiger partial charge in [-0.05, 0) is 89.8 Å². The van der Waals surface area contributed by atoms with Crippen molar-refractivity contribution in [3.63, 3.8) is 0 Å². The molecule has 2 amide bonds. The summed E-state index contributed by atoms with van der Waals surface area (Å²) >= 11 is 7.25. The number of nitrogens with zero attached hydrogens (tertiary/aromatic N) is 1. The van der Waals surface area contributed by atoms with E-state index in [0.29, 0.717) is 29.4 Å². The van der Waals surface area contributed by atoms with Gasteiger partial charge >= 0.3 is 5.97 Å². The molecule has 2 N–H and O–H groups in total. The van der Waals surface area contributed by atoms with Crippen molar-refractivity contribution in [2.75, 3.05) is 18.6 Å². The molecular weight excluding hydrogens is 535 g/mol. The van der Waals surface area contributed by atoms with E-state index in [1.807, 2.05) is 6.92 Å². The number of carbonyl (C=O) groups excluding carboxylic acids is 2. The number of aromatic carboxylic acids is 1. The van der Waals surface area contributed by atoms with E-state index in [1.165, 1.54) is 37.5 Å². The topological polar surface area (TPSA) is 105 Å². The van der Waals surface area contributed by atoms with Crippen molar-refractivity contribution in [2.45, 2.75) is 6.92 Å². The first kappa shape index (κ1) is 22.7. The Morgan fingerprint density at radius 3 is 2.52 bits per heavy atom. The van der Waals surface area contributed by atoms with Crippen LogP contribution >= 0.6 is 34.8 Å². The Morgan fingerprint density at radius 1 is 1.26 bits per heavy atom. The molecule has 0 aromatic heterocycles. The van der Waals surface area contributed by atoms with E-state index in [0.717, 1.165) is 8.47 Å². The molecule has 0 saturated carbocycles. The molecular formula is C21H17IN2O6S. The molecule has 3 rings (SSSR count). The molecule has 8 nitrogen and oxygen atoms in total. The normalized spacial score (nSPS) is 15.1. The summed E-state index contributed by atoms with van der Waals surface area (Å²) in [5, 5.41) is 11.5. The van der Waals surface area contributed by atoms with Crippen LogP contribution in [0.4, 0.5) is 5.69 Å². The minimum atomic E-state index is -1.09. The minimum Gasteiger partial charge on any atom is -0.492 e. The number of nitrogens with one attached hydrogen (secondary N) is 1. The Balaban J connectivity index is 2.02. The summed E-state index contributed by atoms with van der Waals surface area (Å²) in [4.78, 5) is 37.8. The molecule has 0 spiro atoms. The molecule has 0 radical (unpaired) electrons. The number of carbonyl (C=O) groups is 3. The van der Waals surface area contributed by atoms with Gasteiger partial charge in [-0.25, -0.2) is 4.79 Å². The largest absolute Gasteiger partial charge is 0.492 e.